The molecule has 100 valence electrons. The van der Waals surface area contributed by atoms with Crippen LogP contribution in [0.5, 0.6) is 0 Å². The number of benzene rings is 1. The molecule has 5 nitrogen and oxygen atoms in total. The molecular formula is C13H16FN5. The van der Waals surface area contributed by atoms with Crippen LogP contribution in [0.15, 0.2) is 30.6 Å². The van der Waals surface area contributed by atoms with Gasteiger partial charge in [0.2, 0.25) is 0 Å². The van der Waals surface area contributed by atoms with Crippen LogP contribution in [0.4, 0.5) is 21.7 Å². The molecule has 0 bridgehead atoms. The normalized spacial score (nSPS) is 10.6. The maximum absolute atomic E-state index is 12.9. The first-order chi connectivity index (χ1) is 9.11. The summed E-state index contributed by atoms with van der Waals surface area (Å²) in [4.78, 5) is 8.30. The summed E-state index contributed by atoms with van der Waals surface area (Å²) < 4.78 is 12.9. The zero-order valence-corrected chi connectivity index (χ0v) is 10.8. The van der Waals surface area contributed by atoms with E-state index in [1.54, 1.807) is 12.1 Å². The van der Waals surface area contributed by atoms with Crippen molar-refractivity contribution in [2.75, 3.05) is 10.7 Å². The fourth-order valence-corrected chi connectivity index (χ4v) is 1.83. The van der Waals surface area contributed by atoms with Gasteiger partial charge in [0.25, 0.3) is 0 Å². The summed E-state index contributed by atoms with van der Waals surface area (Å²) in [5.74, 6) is 6.60. The Balaban J connectivity index is 2.36. The third-order valence-electron chi connectivity index (χ3n) is 2.70. The molecule has 4 N–H and O–H groups in total. The molecule has 0 aliphatic carbocycles. The lowest BCUT2D eigenvalue weighted by Crippen LogP contribution is -2.14. The molecular weight excluding hydrogens is 245 g/mol. The Labute approximate surface area is 111 Å². The molecule has 0 aliphatic heterocycles. The summed E-state index contributed by atoms with van der Waals surface area (Å²) in [5, 5.41) is 3.14. The molecule has 2 aromatic rings. The minimum Gasteiger partial charge on any atom is -0.340 e. The number of rotatable bonds is 4. The molecule has 1 heterocycles. The fraction of sp³-hybridized carbons (Fsp3) is 0.231. The average molecular weight is 261 g/mol. The van der Waals surface area contributed by atoms with Crippen LogP contribution < -0.4 is 16.6 Å². The van der Waals surface area contributed by atoms with Crippen LogP contribution in [-0.2, 0) is 0 Å². The van der Waals surface area contributed by atoms with E-state index in [1.807, 2.05) is 13.8 Å². The van der Waals surface area contributed by atoms with Crippen molar-refractivity contribution in [2.45, 2.75) is 19.8 Å². The molecule has 2 rings (SSSR count). The lowest BCUT2D eigenvalue weighted by molar-refractivity contribution is 0.628. The van der Waals surface area contributed by atoms with Gasteiger partial charge in [-0.05, 0) is 30.2 Å². The topological polar surface area (TPSA) is 75.9 Å². The minimum absolute atomic E-state index is 0.190. The van der Waals surface area contributed by atoms with E-state index in [4.69, 9.17) is 5.84 Å². The summed E-state index contributed by atoms with van der Waals surface area (Å²) in [6.07, 6.45) is 1.42. The number of hydrogen-bond acceptors (Lipinski definition) is 5. The Hall–Kier alpha value is -2.21. The molecule has 0 spiro atoms. The van der Waals surface area contributed by atoms with Gasteiger partial charge in [-0.15, -0.1) is 0 Å². The summed E-state index contributed by atoms with van der Waals surface area (Å²) in [6.45, 7) is 4.05. The van der Waals surface area contributed by atoms with Gasteiger partial charge in [-0.2, -0.15) is 0 Å². The van der Waals surface area contributed by atoms with Crippen molar-refractivity contribution in [3.63, 3.8) is 0 Å². The van der Waals surface area contributed by atoms with Crippen molar-refractivity contribution < 1.29 is 4.39 Å². The van der Waals surface area contributed by atoms with Crippen molar-refractivity contribution in [3.8, 4) is 0 Å². The highest BCUT2D eigenvalue weighted by Crippen LogP contribution is 2.29. The van der Waals surface area contributed by atoms with E-state index in [2.05, 4.69) is 20.7 Å². The van der Waals surface area contributed by atoms with E-state index in [-0.39, 0.29) is 11.7 Å². The first-order valence-electron chi connectivity index (χ1n) is 5.96. The van der Waals surface area contributed by atoms with Crippen LogP contribution in [0.2, 0.25) is 0 Å². The Morgan fingerprint density at radius 1 is 1.11 bits per heavy atom. The standard InChI is InChI=1S/C13H16FN5/c1-8(2)11-12(16-7-17-13(11)19-15)18-10-5-3-9(14)4-6-10/h3-8H,15H2,1-2H3,(H2,16,17,18,19). The first-order valence-corrected chi connectivity index (χ1v) is 5.96. The van der Waals surface area contributed by atoms with Gasteiger partial charge in [0.05, 0.1) is 0 Å². The number of aromatic nitrogens is 2. The lowest BCUT2D eigenvalue weighted by Gasteiger charge is -2.16. The number of nitrogens with one attached hydrogen (secondary N) is 2. The van der Waals surface area contributed by atoms with Crippen LogP contribution in [0.1, 0.15) is 25.3 Å². The van der Waals surface area contributed by atoms with Crippen molar-refractivity contribution in [1.29, 1.82) is 0 Å². The molecule has 0 atom stereocenters. The summed E-state index contributed by atoms with van der Waals surface area (Å²) in [7, 11) is 0. The lowest BCUT2D eigenvalue weighted by atomic mass is 10.0. The van der Waals surface area contributed by atoms with E-state index in [1.165, 1.54) is 18.5 Å². The average Bonchev–Trinajstić information content (AvgIpc) is 2.40. The van der Waals surface area contributed by atoms with Crippen LogP contribution in [-0.4, -0.2) is 9.97 Å². The summed E-state index contributed by atoms with van der Waals surface area (Å²) in [6, 6.07) is 6.08. The molecule has 1 aromatic heterocycles. The number of halogens is 1. The van der Waals surface area contributed by atoms with Gasteiger partial charge in [0.15, 0.2) is 0 Å². The number of nitrogens with zero attached hydrogens (tertiary/aromatic N) is 2. The smallest absolute Gasteiger partial charge is 0.148 e. The molecule has 1 aromatic carbocycles. The second-order valence-electron chi connectivity index (χ2n) is 4.42. The van der Waals surface area contributed by atoms with Gasteiger partial charge < -0.3 is 10.7 Å². The van der Waals surface area contributed by atoms with Gasteiger partial charge in [-0.1, -0.05) is 13.8 Å². The number of hydrazine groups is 1. The highest BCUT2D eigenvalue weighted by molar-refractivity contribution is 5.65. The van der Waals surface area contributed by atoms with E-state index in [9.17, 15) is 4.39 Å². The predicted molar refractivity (Wildman–Crippen MR) is 73.6 cm³/mol. The van der Waals surface area contributed by atoms with Crippen LogP contribution >= 0.6 is 0 Å². The third kappa shape index (κ3) is 2.97. The van der Waals surface area contributed by atoms with Crippen molar-refractivity contribution in [3.05, 3.63) is 42.0 Å². The highest BCUT2D eigenvalue weighted by Gasteiger charge is 2.14. The Morgan fingerprint density at radius 3 is 2.32 bits per heavy atom. The van der Waals surface area contributed by atoms with Gasteiger partial charge in [0.1, 0.15) is 23.8 Å². The van der Waals surface area contributed by atoms with Crippen LogP contribution in [0, 0.1) is 5.82 Å². The highest BCUT2D eigenvalue weighted by atomic mass is 19.1. The van der Waals surface area contributed by atoms with Crippen LogP contribution in [0.3, 0.4) is 0 Å². The summed E-state index contributed by atoms with van der Waals surface area (Å²) >= 11 is 0. The molecule has 0 fully saturated rings. The maximum atomic E-state index is 12.9. The molecule has 0 unspecified atom stereocenters. The number of nitrogens with two attached hydrogens (primary N) is 1. The molecule has 0 amide bonds. The monoisotopic (exact) mass is 261 g/mol. The molecule has 19 heavy (non-hydrogen) atoms. The molecule has 0 aliphatic rings. The Bertz CT molecular complexity index is 553. The zero-order chi connectivity index (χ0) is 13.8. The van der Waals surface area contributed by atoms with E-state index in [0.29, 0.717) is 11.6 Å². The van der Waals surface area contributed by atoms with Gasteiger partial charge >= 0.3 is 0 Å². The van der Waals surface area contributed by atoms with Gasteiger partial charge in [-0.3, -0.25) is 0 Å². The molecule has 0 saturated heterocycles. The largest absolute Gasteiger partial charge is 0.340 e. The van der Waals surface area contributed by atoms with Crippen molar-refractivity contribution in [2.24, 2.45) is 5.84 Å². The van der Waals surface area contributed by atoms with Crippen molar-refractivity contribution >= 4 is 17.3 Å². The molecule has 0 radical (unpaired) electrons. The quantitative estimate of drug-likeness (QED) is 0.583. The number of hydrogen-bond donors (Lipinski definition) is 3. The Morgan fingerprint density at radius 2 is 1.74 bits per heavy atom. The zero-order valence-electron chi connectivity index (χ0n) is 10.8. The fourth-order valence-electron chi connectivity index (χ4n) is 1.83. The first kappa shape index (κ1) is 13.2. The van der Waals surface area contributed by atoms with Gasteiger partial charge in [-0.25, -0.2) is 20.2 Å². The summed E-state index contributed by atoms with van der Waals surface area (Å²) in [5.41, 5.74) is 4.20. The second-order valence-corrected chi connectivity index (χ2v) is 4.42. The SMILES string of the molecule is CC(C)c1c(NN)ncnc1Nc1ccc(F)cc1. The Kier molecular flexibility index (Phi) is 3.91. The van der Waals surface area contributed by atoms with E-state index < -0.39 is 0 Å². The third-order valence-corrected chi connectivity index (χ3v) is 2.70. The van der Waals surface area contributed by atoms with E-state index >= 15 is 0 Å². The minimum atomic E-state index is -0.276. The van der Waals surface area contributed by atoms with E-state index in [0.717, 1.165) is 11.3 Å². The van der Waals surface area contributed by atoms with Crippen LogP contribution in [0.25, 0.3) is 0 Å². The maximum Gasteiger partial charge on any atom is 0.148 e. The number of anilines is 3. The second kappa shape index (κ2) is 5.62. The number of nitrogen functional groups attached to an aromatic ring is 1. The van der Waals surface area contributed by atoms with Gasteiger partial charge in [0, 0.05) is 11.3 Å². The molecule has 0 saturated carbocycles. The van der Waals surface area contributed by atoms with Crippen molar-refractivity contribution in [1.82, 2.24) is 9.97 Å². The predicted octanol–water partition coefficient (Wildman–Crippen LogP) is 2.77. The molecule has 6 heteroatoms.